The fourth-order valence-corrected chi connectivity index (χ4v) is 5.05. The molecule has 3 N–H and O–H groups in total. The lowest BCUT2D eigenvalue weighted by Gasteiger charge is -2.19. The van der Waals surface area contributed by atoms with Gasteiger partial charge in [-0.15, -0.1) is 0 Å². The number of rotatable bonds is 7. The van der Waals surface area contributed by atoms with Crippen LogP contribution in [-0.4, -0.2) is 55.5 Å². The van der Waals surface area contributed by atoms with Crippen LogP contribution in [0.1, 0.15) is 21.5 Å². The highest BCUT2D eigenvalue weighted by atomic mass is 79.9. The molecule has 0 spiro atoms. The van der Waals surface area contributed by atoms with Crippen molar-refractivity contribution in [2.75, 3.05) is 32.0 Å². The molecule has 1 aliphatic heterocycles. The van der Waals surface area contributed by atoms with E-state index in [-0.39, 0.29) is 12.5 Å². The molecule has 2 aromatic carbocycles. The molecule has 0 fully saturated rings. The number of anilines is 1. The second-order valence-electron chi connectivity index (χ2n) is 8.50. The Hall–Kier alpha value is -3.21. The number of carbonyl (C=O) groups is 3. The summed E-state index contributed by atoms with van der Waals surface area (Å²) < 4.78 is 6.11. The molecular weight excluding hydrogens is 544 g/mol. The molecule has 1 aliphatic rings. The van der Waals surface area contributed by atoms with Gasteiger partial charge in [0.15, 0.2) is 5.06 Å². The molecule has 8 nitrogen and oxygen atoms in total. The van der Waals surface area contributed by atoms with Crippen molar-refractivity contribution in [1.29, 1.82) is 0 Å². The van der Waals surface area contributed by atoms with E-state index in [1.807, 2.05) is 24.3 Å². The van der Waals surface area contributed by atoms with Crippen molar-refractivity contribution in [1.82, 2.24) is 15.5 Å². The molecule has 0 radical (unpaired) electrons. The van der Waals surface area contributed by atoms with Gasteiger partial charge in [0.25, 0.3) is 5.91 Å². The maximum Gasteiger partial charge on any atom is 0.414 e. The summed E-state index contributed by atoms with van der Waals surface area (Å²) >= 11 is 4.57. The SMILES string of the molecule is CN1CCc2ccc(NC(=O)[C@@H](CNC(=O)c3ccccc3)NC(=O)Oc3ccc(Br)s3)cc2CC1. The quantitative estimate of drug-likeness (QED) is 0.397. The van der Waals surface area contributed by atoms with E-state index in [9.17, 15) is 14.4 Å². The summed E-state index contributed by atoms with van der Waals surface area (Å²) in [6, 6.07) is 16.9. The molecule has 0 saturated carbocycles. The van der Waals surface area contributed by atoms with Crippen molar-refractivity contribution in [3.05, 3.63) is 81.1 Å². The molecule has 0 unspecified atom stereocenters. The summed E-state index contributed by atoms with van der Waals surface area (Å²) in [5, 5.41) is 8.56. The third kappa shape index (κ3) is 7.16. The molecule has 36 heavy (non-hydrogen) atoms. The monoisotopic (exact) mass is 570 g/mol. The zero-order valence-electron chi connectivity index (χ0n) is 19.8. The molecule has 4 rings (SSSR count). The number of likely N-dealkylation sites (N-methyl/N-ethyl adjacent to an activating group) is 1. The van der Waals surface area contributed by atoms with E-state index < -0.39 is 18.0 Å². The van der Waals surface area contributed by atoms with Crippen molar-refractivity contribution in [3.8, 4) is 5.06 Å². The van der Waals surface area contributed by atoms with Gasteiger partial charge >= 0.3 is 6.09 Å². The van der Waals surface area contributed by atoms with Crippen molar-refractivity contribution in [3.63, 3.8) is 0 Å². The third-order valence-electron chi connectivity index (χ3n) is 5.85. The van der Waals surface area contributed by atoms with Gasteiger partial charge < -0.3 is 25.6 Å². The highest BCUT2D eigenvalue weighted by molar-refractivity contribution is 9.11. The van der Waals surface area contributed by atoms with Crippen LogP contribution in [0.3, 0.4) is 0 Å². The van der Waals surface area contributed by atoms with Crippen molar-refractivity contribution in [2.24, 2.45) is 0 Å². The lowest BCUT2D eigenvalue weighted by atomic mass is 10.0. The van der Waals surface area contributed by atoms with E-state index in [1.54, 1.807) is 36.4 Å². The van der Waals surface area contributed by atoms with Crippen LogP contribution in [0, 0.1) is 0 Å². The first-order chi connectivity index (χ1) is 17.4. The van der Waals surface area contributed by atoms with Crippen LogP contribution in [-0.2, 0) is 17.6 Å². The molecule has 1 atom stereocenters. The summed E-state index contributed by atoms with van der Waals surface area (Å²) in [4.78, 5) is 40.5. The molecule has 0 aliphatic carbocycles. The van der Waals surface area contributed by atoms with Gasteiger partial charge in [-0.1, -0.05) is 35.6 Å². The number of nitrogens with one attached hydrogen (secondary N) is 3. The molecule has 0 bridgehead atoms. The van der Waals surface area contributed by atoms with Gasteiger partial charge in [0, 0.05) is 30.9 Å². The average molecular weight is 571 g/mol. The highest BCUT2D eigenvalue weighted by Gasteiger charge is 2.24. The standard InChI is InChI=1S/C26H27BrN4O4S/c1-31-13-11-17-7-8-20(15-19(17)12-14-31)29-25(33)21(16-28-24(32)18-5-3-2-4-6-18)30-26(34)35-23-10-9-22(27)36-23/h2-10,15,21H,11-14,16H2,1H3,(H,28,32)(H,29,33)(H,30,34)/t21-/m1/s1. The molecule has 1 aromatic heterocycles. The van der Waals surface area contributed by atoms with Crippen molar-refractivity contribution in [2.45, 2.75) is 18.9 Å². The first kappa shape index (κ1) is 25.9. The van der Waals surface area contributed by atoms with E-state index in [4.69, 9.17) is 4.74 Å². The zero-order valence-corrected chi connectivity index (χ0v) is 22.2. The number of amides is 3. The minimum atomic E-state index is -1.06. The number of ether oxygens (including phenoxy) is 1. The Kier molecular flexibility index (Phi) is 8.74. The van der Waals surface area contributed by atoms with Gasteiger partial charge in [-0.2, -0.15) is 0 Å². The Morgan fingerprint density at radius 2 is 1.78 bits per heavy atom. The number of fused-ring (bicyclic) bond motifs is 1. The van der Waals surface area contributed by atoms with Crippen LogP contribution in [0.5, 0.6) is 5.06 Å². The second kappa shape index (κ2) is 12.2. The average Bonchev–Trinajstić information content (AvgIpc) is 3.19. The molecular formula is C26H27BrN4O4S. The number of hydrogen-bond acceptors (Lipinski definition) is 6. The number of nitrogens with zero attached hydrogens (tertiary/aromatic N) is 1. The number of benzene rings is 2. The summed E-state index contributed by atoms with van der Waals surface area (Å²) in [7, 11) is 2.10. The third-order valence-corrected chi connectivity index (χ3v) is 7.35. The maximum atomic E-state index is 13.2. The normalized spacial score (nSPS) is 14.2. The Morgan fingerprint density at radius 3 is 2.50 bits per heavy atom. The van der Waals surface area contributed by atoms with E-state index in [2.05, 4.69) is 43.8 Å². The summed E-state index contributed by atoms with van der Waals surface area (Å²) in [6.07, 6.45) is 1.07. The van der Waals surface area contributed by atoms with E-state index in [0.29, 0.717) is 16.3 Å². The predicted molar refractivity (Wildman–Crippen MR) is 144 cm³/mol. The predicted octanol–water partition coefficient (Wildman–Crippen LogP) is 4.07. The summed E-state index contributed by atoms with van der Waals surface area (Å²) in [6.45, 7) is 1.83. The molecule has 3 aromatic rings. The van der Waals surface area contributed by atoms with Crippen LogP contribution in [0.25, 0.3) is 0 Å². The van der Waals surface area contributed by atoms with Crippen molar-refractivity contribution >= 4 is 50.9 Å². The van der Waals surface area contributed by atoms with Gasteiger partial charge in [0.05, 0.1) is 3.79 Å². The van der Waals surface area contributed by atoms with Crippen LogP contribution in [0.2, 0.25) is 0 Å². The molecule has 188 valence electrons. The van der Waals surface area contributed by atoms with Crippen LogP contribution in [0.4, 0.5) is 10.5 Å². The van der Waals surface area contributed by atoms with E-state index in [0.717, 1.165) is 29.7 Å². The fourth-order valence-electron chi connectivity index (χ4n) is 3.86. The Labute approximate surface area is 222 Å². The Bertz CT molecular complexity index is 1230. The first-order valence-corrected chi connectivity index (χ1v) is 13.2. The Balaban J connectivity index is 1.45. The number of hydrogen-bond donors (Lipinski definition) is 3. The Morgan fingerprint density at radius 1 is 1.03 bits per heavy atom. The molecule has 2 heterocycles. The summed E-state index contributed by atoms with van der Waals surface area (Å²) in [5.41, 5.74) is 3.56. The van der Waals surface area contributed by atoms with Crippen molar-refractivity contribution < 1.29 is 19.1 Å². The smallest absolute Gasteiger partial charge is 0.399 e. The van der Waals surface area contributed by atoms with E-state index in [1.165, 1.54) is 22.5 Å². The first-order valence-electron chi connectivity index (χ1n) is 11.6. The van der Waals surface area contributed by atoms with E-state index >= 15 is 0 Å². The van der Waals surface area contributed by atoms with Gasteiger partial charge in [0.1, 0.15) is 6.04 Å². The lowest BCUT2D eigenvalue weighted by molar-refractivity contribution is -0.117. The topological polar surface area (TPSA) is 99.8 Å². The van der Waals surface area contributed by atoms with Gasteiger partial charge in [-0.3, -0.25) is 9.59 Å². The largest absolute Gasteiger partial charge is 0.414 e. The second-order valence-corrected chi connectivity index (χ2v) is 10.9. The molecule has 10 heteroatoms. The van der Waals surface area contributed by atoms with Gasteiger partial charge in [0.2, 0.25) is 5.91 Å². The number of carbonyl (C=O) groups excluding carboxylic acids is 3. The molecule has 3 amide bonds. The van der Waals surface area contributed by atoms with Gasteiger partial charge in [-0.25, -0.2) is 4.79 Å². The van der Waals surface area contributed by atoms with Crippen LogP contribution in [0.15, 0.2) is 64.5 Å². The molecule has 0 saturated heterocycles. The lowest BCUT2D eigenvalue weighted by Crippen LogP contribution is -2.51. The van der Waals surface area contributed by atoms with Gasteiger partial charge in [-0.05, 0) is 83.3 Å². The minimum absolute atomic E-state index is 0.113. The minimum Gasteiger partial charge on any atom is -0.399 e. The zero-order chi connectivity index (χ0) is 25.5. The van der Waals surface area contributed by atoms with Crippen LogP contribution >= 0.6 is 27.3 Å². The maximum absolute atomic E-state index is 13.2. The summed E-state index contributed by atoms with van der Waals surface area (Å²) in [5.74, 6) is -0.807. The fraction of sp³-hybridized carbons (Fsp3) is 0.269. The number of halogens is 1. The highest BCUT2D eigenvalue weighted by Crippen LogP contribution is 2.28. The van der Waals surface area contributed by atoms with Crippen LogP contribution < -0.4 is 20.7 Å². The number of thiophene rings is 1.